The molecule has 0 atom stereocenters. The van der Waals surface area contributed by atoms with Gasteiger partial charge in [-0.1, -0.05) is 11.6 Å². The zero-order chi connectivity index (χ0) is 18.0. The number of methoxy groups -OCH3 is 1. The van der Waals surface area contributed by atoms with Crippen molar-refractivity contribution >= 4 is 23.2 Å². The fraction of sp³-hybridized carbons (Fsp3) is 0.400. The molecule has 3 rings (SSSR count). The number of hydrogen-bond acceptors (Lipinski definition) is 6. The first kappa shape index (κ1) is 17.5. The monoisotopic (exact) mass is 373 g/mol. The van der Waals surface area contributed by atoms with Crippen LogP contribution in [0.3, 0.4) is 0 Å². The third kappa shape index (κ3) is 3.87. The van der Waals surface area contributed by atoms with Crippen LogP contribution in [-0.4, -0.2) is 48.2 Å². The molecule has 0 unspecified atom stereocenters. The van der Waals surface area contributed by atoms with E-state index < -0.39 is 11.7 Å². The van der Waals surface area contributed by atoms with E-state index in [0.717, 1.165) is 18.1 Å². The molecular formula is C15H15ClF3N5O. The Kier molecular flexibility index (Phi) is 4.85. The van der Waals surface area contributed by atoms with E-state index in [1.165, 1.54) is 13.4 Å². The summed E-state index contributed by atoms with van der Waals surface area (Å²) in [6.45, 7) is 2.37. The van der Waals surface area contributed by atoms with Crippen LogP contribution < -0.4 is 14.5 Å². The number of rotatable bonds is 3. The molecule has 1 aliphatic heterocycles. The van der Waals surface area contributed by atoms with Crippen LogP contribution in [0.2, 0.25) is 5.02 Å². The second-order valence-corrected chi connectivity index (χ2v) is 5.83. The average molecular weight is 374 g/mol. The Morgan fingerprint density at radius 1 is 1.04 bits per heavy atom. The number of hydrogen-bond donors (Lipinski definition) is 0. The lowest BCUT2D eigenvalue weighted by Gasteiger charge is -2.36. The minimum absolute atomic E-state index is 0.00743. The van der Waals surface area contributed by atoms with Crippen LogP contribution in [0.4, 0.5) is 24.8 Å². The normalized spacial score (nSPS) is 15.4. The number of alkyl halides is 3. The maximum atomic E-state index is 12.7. The standard InChI is InChI=1S/C15H15ClF3N5O/c1-25-13-7-12(21-9-22-13)23-2-4-24(5-3-23)14-11(16)6-10(8-20-14)15(17,18)19/h6-9H,2-5H2,1H3. The molecule has 1 saturated heterocycles. The van der Waals surface area contributed by atoms with Crippen LogP contribution in [0.25, 0.3) is 0 Å². The molecule has 0 spiro atoms. The summed E-state index contributed by atoms with van der Waals surface area (Å²) < 4.78 is 43.2. The van der Waals surface area contributed by atoms with Crippen LogP contribution in [0.1, 0.15) is 5.56 Å². The Labute approximate surface area is 147 Å². The van der Waals surface area contributed by atoms with Crippen molar-refractivity contribution in [1.29, 1.82) is 0 Å². The molecule has 2 aromatic rings. The molecule has 1 aliphatic rings. The summed E-state index contributed by atoms with van der Waals surface area (Å²) in [5, 5.41) is -0.00743. The molecule has 1 fully saturated rings. The zero-order valence-corrected chi connectivity index (χ0v) is 14.0. The summed E-state index contributed by atoms with van der Waals surface area (Å²) in [7, 11) is 1.53. The number of halogens is 4. The Hall–Kier alpha value is -2.29. The number of pyridine rings is 1. The quantitative estimate of drug-likeness (QED) is 0.824. The average Bonchev–Trinajstić information content (AvgIpc) is 2.61. The second kappa shape index (κ2) is 6.91. The van der Waals surface area contributed by atoms with E-state index in [2.05, 4.69) is 15.0 Å². The second-order valence-electron chi connectivity index (χ2n) is 5.42. The summed E-state index contributed by atoms with van der Waals surface area (Å²) in [5.41, 5.74) is -0.854. The fourth-order valence-corrected chi connectivity index (χ4v) is 2.87. The molecule has 10 heteroatoms. The largest absolute Gasteiger partial charge is 0.481 e. The molecule has 25 heavy (non-hydrogen) atoms. The van der Waals surface area contributed by atoms with E-state index >= 15 is 0 Å². The first-order valence-electron chi connectivity index (χ1n) is 7.47. The molecule has 134 valence electrons. The van der Waals surface area contributed by atoms with Crippen molar-refractivity contribution in [2.75, 3.05) is 43.1 Å². The van der Waals surface area contributed by atoms with E-state index in [1.54, 1.807) is 6.07 Å². The van der Waals surface area contributed by atoms with Crippen molar-refractivity contribution in [3.8, 4) is 5.88 Å². The number of nitrogens with zero attached hydrogens (tertiary/aromatic N) is 5. The Bertz CT molecular complexity index is 750. The number of aromatic nitrogens is 3. The maximum Gasteiger partial charge on any atom is 0.417 e. The molecule has 0 bridgehead atoms. The molecule has 0 aliphatic carbocycles. The van der Waals surface area contributed by atoms with Crippen molar-refractivity contribution in [1.82, 2.24) is 15.0 Å². The molecule has 0 saturated carbocycles. The van der Waals surface area contributed by atoms with E-state index in [9.17, 15) is 13.2 Å². The Morgan fingerprint density at radius 3 is 2.32 bits per heavy atom. The van der Waals surface area contributed by atoms with Gasteiger partial charge in [-0.15, -0.1) is 0 Å². The summed E-state index contributed by atoms with van der Waals surface area (Å²) in [5.74, 6) is 1.56. The predicted molar refractivity (Wildman–Crippen MR) is 87.3 cm³/mol. The van der Waals surface area contributed by atoms with Gasteiger partial charge in [0.05, 0.1) is 17.7 Å². The van der Waals surface area contributed by atoms with Crippen molar-refractivity contribution in [2.24, 2.45) is 0 Å². The van der Waals surface area contributed by atoms with Crippen LogP contribution in [0.15, 0.2) is 24.7 Å². The van der Waals surface area contributed by atoms with Gasteiger partial charge in [-0.05, 0) is 6.07 Å². The highest BCUT2D eigenvalue weighted by molar-refractivity contribution is 6.33. The molecule has 0 aromatic carbocycles. The summed E-state index contributed by atoms with van der Waals surface area (Å²) in [4.78, 5) is 16.0. The fourth-order valence-electron chi connectivity index (χ4n) is 2.58. The molecule has 3 heterocycles. The van der Waals surface area contributed by atoms with Gasteiger partial charge in [-0.25, -0.2) is 15.0 Å². The van der Waals surface area contributed by atoms with Crippen molar-refractivity contribution < 1.29 is 17.9 Å². The minimum atomic E-state index is -4.46. The van der Waals surface area contributed by atoms with Crippen molar-refractivity contribution in [3.05, 3.63) is 35.2 Å². The summed E-state index contributed by atoms with van der Waals surface area (Å²) >= 11 is 6.01. The minimum Gasteiger partial charge on any atom is -0.481 e. The zero-order valence-electron chi connectivity index (χ0n) is 13.3. The van der Waals surface area contributed by atoms with Crippen LogP contribution >= 0.6 is 11.6 Å². The van der Waals surface area contributed by atoms with Crippen molar-refractivity contribution in [3.63, 3.8) is 0 Å². The smallest absolute Gasteiger partial charge is 0.417 e. The Morgan fingerprint density at radius 2 is 1.72 bits per heavy atom. The van der Waals surface area contributed by atoms with Crippen LogP contribution in [0.5, 0.6) is 5.88 Å². The molecule has 0 radical (unpaired) electrons. The highest BCUT2D eigenvalue weighted by Crippen LogP contribution is 2.33. The SMILES string of the molecule is COc1cc(N2CCN(c3ncc(C(F)(F)F)cc3Cl)CC2)ncn1. The van der Waals surface area contributed by atoms with E-state index in [-0.39, 0.29) is 5.02 Å². The summed E-state index contributed by atoms with van der Waals surface area (Å²) in [6, 6.07) is 2.64. The number of anilines is 2. The third-order valence-electron chi connectivity index (χ3n) is 3.89. The van der Waals surface area contributed by atoms with E-state index in [0.29, 0.717) is 37.9 Å². The van der Waals surface area contributed by atoms with Gasteiger partial charge in [0, 0.05) is 38.4 Å². The van der Waals surface area contributed by atoms with Gasteiger partial charge in [-0.2, -0.15) is 13.2 Å². The predicted octanol–water partition coefficient (Wildman–Crippen LogP) is 2.88. The molecule has 2 aromatic heterocycles. The number of piperazine rings is 1. The van der Waals surface area contributed by atoms with Crippen molar-refractivity contribution in [2.45, 2.75) is 6.18 Å². The first-order valence-corrected chi connectivity index (χ1v) is 7.85. The number of ether oxygens (including phenoxy) is 1. The highest BCUT2D eigenvalue weighted by Gasteiger charge is 2.32. The van der Waals surface area contributed by atoms with Gasteiger partial charge >= 0.3 is 6.18 Å². The van der Waals surface area contributed by atoms with Gasteiger partial charge in [0.15, 0.2) is 0 Å². The van der Waals surface area contributed by atoms with Gasteiger partial charge < -0.3 is 14.5 Å². The van der Waals surface area contributed by atoms with E-state index in [4.69, 9.17) is 16.3 Å². The highest BCUT2D eigenvalue weighted by atomic mass is 35.5. The lowest BCUT2D eigenvalue weighted by Crippen LogP contribution is -2.47. The molecule has 6 nitrogen and oxygen atoms in total. The van der Waals surface area contributed by atoms with Gasteiger partial charge in [0.2, 0.25) is 5.88 Å². The molecule has 0 N–H and O–H groups in total. The summed E-state index contributed by atoms with van der Waals surface area (Å²) in [6.07, 6.45) is -2.22. The molecular weight excluding hydrogens is 359 g/mol. The maximum absolute atomic E-state index is 12.7. The van der Waals surface area contributed by atoms with Crippen LogP contribution in [0, 0.1) is 0 Å². The Balaban J connectivity index is 1.70. The third-order valence-corrected chi connectivity index (χ3v) is 4.17. The topological polar surface area (TPSA) is 54.4 Å². The van der Waals surface area contributed by atoms with Crippen LogP contribution in [-0.2, 0) is 6.18 Å². The van der Waals surface area contributed by atoms with E-state index in [1.807, 2.05) is 9.80 Å². The lowest BCUT2D eigenvalue weighted by molar-refractivity contribution is -0.137. The lowest BCUT2D eigenvalue weighted by atomic mass is 10.2. The first-order chi connectivity index (χ1) is 11.9. The van der Waals surface area contributed by atoms with Gasteiger partial charge in [0.1, 0.15) is 18.0 Å². The van der Waals surface area contributed by atoms with Gasteiger partial charge in [0.25, 0.3) is 0 Å². The van der Waals surface area contributed by atoms with Gasteiger partial charge in [-0.3, -0.25) is 0 Å². The molecule has 0 amide bonds.